The maximum absolute atomic E-state index is 12.7. The van der Waals surface area contributed by atoms with Crippen molar-refractivity contribution in [2.24, 2.45) is 11.3 Å². The Morgan fingerprint density at radius 1 is 1.18 bits per heavy atom. The molecule has 1 amide bonds. The summed E-state index contributed by atoms with van der Waals surface area (Å²) < 4.78 is 0. The zero-order valence-corrected chi connectivity index (χ0v) is 16.8. The SMILES string of the molecule is CN1CCC2(CC1)CC(C(=O)Nc1cc3cc(-c4cncs4)ccc3cn1)C2. The van der Waals surface area contributed by atoms with Crippen LogP contribution in [0.2, 0.25) is 0 Å². The topological polar surface area (TPSA) is 58.1 Å². The minimum atomic E-state index is 0.120. The van der Waals surface area contributed by atoms with E-state index in [1.54, 1.807) is 11.3 Å². The van der Waals surface area contributed by atoms with Gasteiger partial charge >= 0.3 is 0 Å². The molecule has 1 spiro atoms. The summed E-state index contributed by atoms with van der Waals surface area (Å²) in [5, 5.41) is 5.20. The molecule has 0 unspecified atom stereocenters. The lowest BCUT2D eigenvalue weighted by Crippen LogP contribution is -2.49. The van der Waals surface area contributed by atoms with Crippen LogP contribution < -0.4 is 5.32 Å². The van der Waals surface area contributed by atoms with E-state index in [-0.39, 0.29) is 11.8 Å². The van der Waals surface area contributed by atoms with E-state index in [1.807, 2.05) is 24.0 Å². The van der Waals surface area contributed by atoms with Gasteiger partial charge in [-0.3, -0.25) is 9.78 Å². The van der Waals surface area contributed by atoms with Gasteiger partial charge in [0.25, 0.3) is 0 Å². The summed E-state index contributed by atoms with van der Waals surface area (Å²) in [6.45, 7) is 2.31. The molecule has 1 aliphatic heterocycles. The first-order valence-electron chi connectivity index (χ1n) is 9.88. The predicted molar refractivity (Wildman–Crippen MR) is 113 cm³/mol. The molecule has 0 atom stereocenters. The first kappa shape index (κ1) is 17.8. The van der Waals surface area contributed by atoms with Crippen LogP contribution in [0.4, 0.5) is 5.82 Å². The van der Waals surface area contributed by atoms with Crippen molar-refractivity contribution in [2.75, 3.05) is 25.5 Å². The maximum Gasteiger partial charge on any atom is 0.228 e. The number of anilines is 1. The Labute approximate surface area is 168 Å². The van der Waals surface area contributed by atoms with Crippen LogP contribution >= 0.6 is 11.3 Å². The molecule has 144 valence electrons. The van der Waals surface area contributed by atoms with Crippen LogP contribution in [0.1, 0.15) is 25.7 Å². The van der Waals surface area contributed by atoms with Crippen LogP contribution in [0.3, 0.4) is 0 Å². The summed E-state index contributed by atoms with van der Waals surface area (Å²) in [5.41, 5.74) is 3.39. The number of nitrogens with one attached hydrogen (secondary N) is 1. The Morgan fingerprint density at radius 2 is 2.00 bits per heavy atom. The molecular weight excluding hydrogens is 368 g/mol. The number of rotatable bonds is 3. The van der Waals surface area contributed by atoms with E-state index < -0.39 is 0 Å². The van der Waals surface area contributed by atoms with Gasteiger partial charge in [-0.05, 0) is 74.3 Å². The number of hydrogen-bond donors (Lipinski definition) is 1. The summed E-state index contributed by atoms with van der Waals surface area (Å²) in [4.78, 5) is 24.8. The minimum absolute atomic E-state index is 0.120. The van der Waals surface area contributed by atoms with Gasteiger partial charge in [0.1, 0.15) is 5.82 Å². The average Bonchev–Trinajstić information content (AvgIpc) is 3.21. The highest BCUT2D eigenvalue weighted by Crippen LogP contribution is 2.52. The van der Waals surface area contributed by atoms with E-state index in [0.29, 0.717) is 11.2 Å². The van der Waals surface area contributed by atoms with Crippen molar-refractivity contribution in [1.29, 1.82) is 0 Å². The number of carbonyl (C=O) groups excluding carboxylic acids is 1. The number of fused-ring (bicyclic) bond motifs is 1. The van der Waals surface area contributed by atoms with E-state index in [0.717, 1.165) is 47.1 Å². The fourth-order valence-electron chi connectivity index (χ4n) is 4.62. The summed E-state index contributed by atoms with van der Waals surface area (Å²) in [6, 6.07) is 8.27. The van der Waals surface area contributed by atoms with Crippen molar-refractivity contribution in [2.45, 2.75) is 25.7 Å². The van der Waals surface area contributed by atoms with Gasteiger partial charge in [-0.2, -0.15) is 0 Å². The Hall–Kier alpha value is -2.31. The Kier molecular flexibility index (Phi) is 4.40. The summed E-state index contributed by atoms with van der Waals surface area (Å²) in [6.07, 6.45) is 8.21. The van der Waals surface area contributed by atoms with Crippen LogP contribution in [0, 0.1) is 11.3 Å². The molecule has 0 bridgehead atoms. The third-order valence-corrected chi connectivity index (χ3v) is 7.29. The van der Waals surface area contributed by atoms with Crippen LogP contribution in [-0.2, 0) is 4.79 Å². The molecule has 1 aliphatic carbocycles. The number of likely N-dealkylation sites (tertiary alicyclic amines) is 1. The molecule has 28 heavy (non-hydrogen) atoms. The minimum Gasteiger partial charge on any atom is -0.310 e. The largest absolute Gasteiger partial charge is 0.310 e. The van der Waals surface area contributed by atoms with Gasteiger partial charge in [0.2, 0.25) is 5.91 Å². The lowest BCUT2D eigenvalue weighted by molar-refractivity contribution is -0.129. The second kappa shape index (κ2) is 6.94. The number of amides is 1. The molecule has 1 saturated heterocycles. The Morgan fingerprint density at radius 3 is 2.75 bits per heavy atom. The normalized spacial score (nSPS) is 19.6. The number of benzene rings is 1. The summed E-state index contributed by atoms with van der Waals surface area (Å²) in [7, 11) is 2.18. The molecule has 2 aliphatic rings. The van der Waals surface area contributed by atoms with Gasteiger partial charge in [-0.15, -0.1) is 11.3 Å². The molecule has 3 heterocycles. The fourth-order valence-corrected chi connectivity index (χ4v) is 5.24. The molecule has 1 saturated carbocycles. The number of piperidine rings is 1. The lowest BCUT2D eigenvalue weighted by Gasteiger charge is -2.51. The van der Waals surface area contributed by atoms with Gasteiger partial charge in [-0.1, -0.05) is 12.1 Å². The van der Waals surface area contributed by atoms with Gasteiger partial charge in [0.15, 0.2) is 0 Å². The molecule has 1 aromatic carbocycles. The van der Waals surface area contributed by atoms with Crippen LogP contribution in [0.5, 0.6) is 0 Å². The number of thiazole rings is 1. The van der Waals surface area contributed by atoms with Crippen LogP contribution in [0.15, 0.2) is 42.2 Å². The monoisotopic (exact) mass is 392 g/mol. The number of nitrogens with zero attached hydrogens (tertiary/aromatic N) is 3. The number of hydrogen-bond acceptors (Lipinski definition) is 5. The highest BCUT2D eigenvalue weighted by atomic mass is 32.1. The second-order valence-corrected chi connectivity index (χ2v) is 9.28. The highest BCUT2D eigenvalue weighted by molar-refractivity contribution is 7.13. The first-order chi connectivity index (χ1) is 13.6. The number of pyridine rings is 1. The van der Waals surface area contributed by atoms with Gasteiger partial charge in [-0.25, -0.2) is 4.98 Å². The van der Waals surface area contributed by atoms with E-state index in [2.05, 4.69) is 45.4 Å². The smallest absolute Gasteiger partial charge is 0.228 e. The van der Waals surface area contributed by atoms with Crippen molar-refractivity contribution in [1.82, 2.24) is 14.9 Å². The molecule has 1 N–H and O–H groups in total. The zero-order chi connectivity index (χ0) is 19.1. The first-order valence-corrected chi connectivity index (χ1v) is 10.8. The van der Waals surface area contributed by atoms with Gasteiger partial charge < -0.3 is 10.2 Å². The maximum atomic E-state index is 12.7. The molecule has 2 fully saturated rings. The van der Waals surface area contributed by atoms with Crippen molar-refractivity contribution in [3.63, 3.8) is 0 Å². The standard InChI is InChI=1S/C22H24N4OS/c1-26-6-4-22(5-7-26)10-18(11-22)21(27)25-20-9-17-8-15(19-13-23-14-28-19)2-3-16(17)12-24-20/h2-3,8-9,12-14,18H,4-7,10-11H2,1H3,(H,24,25,27). The van der Waals surface area contributed by atoms with Crippen molar-refractivity contribution in [3.8, 4) is 10.4 Å². The average molecular weight is 393 g/mol. The van der Waals surface area contributed by atoms with Crippen molar-refractivity contribution < 1.29 is 4.79 Å². The zero-order valence-electron chi connectivity index (χ0n) is 16.0. The third-order valence-electron chi connectivity index (χ3n) is 6.47. The van der Waals surface area contributed by atoms with Crippen LogP contribution in [-0.4, -0.2) is 40.9 Å². The quantitative estimate of drug-likeness (QED) is 0.717. The van der Waals surface area contributed by atoms with Gasteiger partial charge in [0.05, 0.1) is 10.4 Å². The molecular formula is C22H24N4OS. The van der Waals surface area contributed by atoms with E-state index >= 15 is 0 Å². The molecule has 3 aromatic rings. The molecule has 0 radical (unpaired) electrons. The van der Waals surface area contributed by atoms with Crippen molar-refractivity contribution in [3.05, 3.63) is 42.2 Å². The molecule has 6 heteroatoms. The van der Waals surface area contributed by atoms with E-state index in [9.17, 15) is 4.79 Å². The number of aromatic nitrogens is 2. The molecule has 2 aromatic heterocycles. The number of carbonyl (C=O) groups is 1. The van der Waals surface area contributed by atoms with E-state index in [4.69, 9.17) is 0 Å². The highest BCUT2D eigenvalue weighted by Gasteiger charge is 2.48. The second-order valence-electron chi connectivity index (χ2n) is 8.39. The Bertz CT molecular complexity index is 1000. The molecule has 5 rings (SSSR count). The fraction of sp³-hybridized carbons (Fsp3) is 0.409. The summed E-state index contributed by atoms with van der Waals surface area (Å²) in [5.74, 6) is 0.891. The summed E-state index contributed by atoms with van der Waals surface area (Å²) >= 11 is 1.63. The van der Waals surface area contributed by atoms with E-state index in [1.165, 1.54) is 12.8 Å². The molecule has 5 nitrogen and oxygen atoms in total. The lowest BCUT2D eigenvalue weighted by atomic mass is 9.57. The van der Waals surface area contributed by atoms with Gasteiger partial charge in [0, 0.05) is 23.7 Å². The van der Waals surface area contributed by atoms with Crippen molar-refractivity contribution >= 4 is 33.8 Å². The van der Waals surface area contributed by atoms with Crippen LogP contribution in [0.25, 0.3) is 21.2 Å². The third kappa shape index (κ3) is 3.31. The predicted octanol–water partition coefficient (Wildman–Crippen LogP) is 4.42. The Balaban J connectivity index is 1.28.